The van der Waals surface area contributed by atoms with E-state index >= 15 is 0 Å². The van der Waals surface area contributed by atoms with Crippen LogP contribution in [0.1, 0.15) is 22.8 Å². The third-order valence-corrected chi connectivity index (χ3v) is 4.41. The smallest absolute Gasteiger partial charge is 0.343 e. The van der Waals surface area contributed by atoms with Crippen molar-refractivity contribution >= 4 is 16.9 Å². The number of ether oxygens (including phenoxy) is 1. The lowest BCUT2D eigenvalue weighted by molar-refractivity contribution is -0.00536. The molecule has 0 spiro atoms. The molecule has 0 aliphatic carbocycles. The Labute approximate surface area is 151 Å². The van der Waals surface area contributed by atoms with Gasteiger partial charge in [0.2, 0.25) is 0 Å². The number of para-hydroxylation sites is 1. The second-order valence-corrected chi connectivity index (χ2v) is 6.40. The summed E-state index contributed by atoms with van der Waals surface area (Å²) >= 11 is 0. The van der Waals surface area contributed by atoms with Gasteiger partial charge in [0.15, 0.2) is 17.2 Å². The highest BCUT2D eigenvalue weighted by Gasteiger charge is 2.21. The van der Waals surface area contributed by atoms with E-state index in [-0.39, 0.29) is 16.6 Å². The van der Waals surface area contributed by atoms with Crippen molar-refractivity contribution in [2.45, 2.75) is 20.1 Å². The van der Waals surface area contributed by atoms with Gasteiger partial charge in [-0.1, -0.05) is 36.4 Å². The summed E-state index contributed by atoms with van der Waals surface area (Å²) in [5.41, 5.74) is 1.63. The summed E-state index contributed by atoms with van der Waals surface area (Å²) < 4.78 is 11.5. The number of nitrogens with zero attached hydrogens (tertiary/aromatic N) is 1. The maximum Gasteiger partial charge on any atom is 0.343 e. The van der Waals surface area contributed by atoms with E-state index in [4.69, 9.17) is 9.15 Å². The quantitative estimate of drug-likeness (QED) is 0.528. The molecule has 5 heteroatoms. The molecule has 3 aromatic rings. The lowest BCUT2D eigenvalue weighted by Gasteiger charge is -2.20. The Morgan fingerprint density at radius 1 is 1.08 bits per heavy atom. The van der Waals surface area contributed by atoms with Crippen LogP contribution in [0.5, 0.6) is 0 Å². The van der Waals surface area contributed by atoms with Crippen LogP contribution in [0, 0.1) is 6.92 Å². The van der Waals surface area contributed by atoms with Crippen molar-refractivity contribution in [2.24, 2.45) is 0 Å². The average Bonchev–Trinajstić information content (AvgIpc) is 2.64. The normalized spacial score (nSPS) is 12.3. The largest absolute Gasteiger partial charge is 0.455 e. The molecule has 1 atom stereocenters. The molecule has 1 heterocycles. The maximum atomic E-state index is 12.8. The van der Waals surface area contributed by atoms with Crippen molar-refractivity contribution in [3.63, 3.8) is 0 Å². The minimum atomic E-state index is -0.525. The predicted molar refractivity (Wildman–Crippen MR) is 101 cm³/mol. The zero-order valence-electron chi connectivity index (χ0n) is 15.3. The Morgan fingerprint density at radius 3 is 2.42 bits per heavy atom. The number of rotatable bonds is 4. The van der Waals surface area contributed by atoms with Crippen LogP contribution in [-0.4, -0.2) is 31.2 Å². The third kappa shape index (κ3) is 3.26. The molecule has 0 aliphatic heterocycles. The summed E-state index contributed by atoms with van der Waals surface area (Å²) in [6, 6.07) is 14.3. The topological polar surface area (TPSA) is 59.8 Å². The van der Waals surface area contributed by atoms with E-state index in [0.717, 1.165) is 5.56 Å². The van der Waals surface area contributed by atoms with Gasteiger partial charge in [0.25, 0.3) is 0 Å². The average molecular weight is 351 g/mol. The van der Waals surface area contributed by atoms with Gasteiger partial charge in [-0.15, -0.1) is 0 Å². The van der Waals surface area contributed by atoms with Crippen LogP contribution >= 0.6 is 0 Å². The molecule has 0 amide bonds. The van der Waals surface area contributed by atoms with Crippen LogP contribution in [0.2, 0.25) is 0 Å². The summed E-state index contributed by atoms with van der Waals surface area (Å²) in [5.74, 6) is -0.0631. The zero-order chi connectivity index (χ0) is 18.8. The van der Waals surface area contributed by atoms with Crippen LogP contribution < -0.4 is 5.43 Å². The Bertz CT molecular complexity index is 1010. The molecule has 1 aromatic heterocycles. The number of carbonyl (C=O) groups is 1. The Morgan fingerprint density at radius 2 is 1.77 bits per heavy atom. The van der Waals surface area contributed by atoms with Crippen molar-refractivity contribution in [1.82, 2.24) is 4.90 Å². The molecule has 0 saturated heterocycles. The first-order chi connectivity index (χ1) is 12.4. The van der Waals surface area contributed by atoms with Crippen molar-refractivity contribution < 1.29 is 13.9 Å². The highest BCUT2D eigenvalue weighted by molar-refractivity contribution is 6.02. The first kappa shape index (κ1) is 17.9. The fourth-order valence-electron chi connectivity index (χ4n) is 2.66. The molecule has 0 aliphatic rings. The number of benzene rings is 2. The number of carbonyl (C=O) groups excluding carboxylic acids is 1. The van der Waals surface area contributed by atoms with Crippen LogP contribution in [0.4, 0.5) is 0 Å². The van der Waals surface area contributed by atoms with E-state index in [9.17, 15) is 9.59 Å². The molecule has 0 fully saturated rings. The van der Waals surface area contributed by atoms with Crippen LogP contribution in [-0.2, 0) is 4.74 Å². The number of fused-ring (bicyclic) bond motifs is 1. The zero-order valence-corrected chi connectivity index (χ0v) is 15.3. The second-order valence-electron chi connectivity index (χ2n) is 6.40. The Hall–Kier alpha value is -2.92. The summed E-state index contributed by atoms with van der Waals surface area (Å²) in [5, 5.41) is 0.370. The van der Waals surface area contributed by atoms with E-state index < -0.39 is 12.2 Å². The number of hydrogen-bond acceptors (Lipinski definition) is 5. The Balaban J connectivity index is 2.19. The molecule has 1 unspecified atom stereocenters. The van der Waals surface area contributed by atoms with E-state index in [1.54, 1.807) is 36.9 Å². The highest BCUT2D eigenvalue weighted by Crippen LogP contribution is 2.27. The molecule has 134 valence electrons. The Kier molecular flexibility index (Phi) is 4.91. The highest BCUT2D eigenvalue weighted by atomic mass is 16.6. The first-order valence-electron chi connectivity index (χ1n) is 8.39. The van der Waals surface area contributed by atoms with Crippen molar-refractivity contribution in [2.75, 3.05) is 14.1 Å². The van der Waals surface area contributed by atoms with Gasteiger partial charge in [-0.2, -0.15) is 0 Å². The second kappa shape index (κ2) is 7.14. The molecular formula is C21H21NO4. The fraction of sp³-hybridized carbons (Fsp3) is 0.238. The van der Waals surface area contributed by atoms with E-state index in [1.165, 1.54) is 0 Å². The van der Waals surface area contributed by atoms with E-state index in [1.807, 2.05) is 44.4 Å². The SMILES string of the molecule is Cc1c(-c2ccccc2)oc2c(C(=O)OC(C)N(C)C)cccc2c1=O. The van der Waals surface area contributed by atoms with Crippen LogP contribution in [0.3, 0.4) is 0 Å². The molecule has 26 heavy (non-hydrogen) atoms. The summed E-state index contributed by atoms with van der Waals surface area (Å²) in [4.78, 5) is 27.2. The summed E-state index contributed by atoms with van der Waals surface area (Å²) in [6.07, 6.45) is -0.400. The van der Waals surface area contributed by atoms with Gasteiger partial charge >= 0.3 is 5.97 Å². The van der Waals surface area contributed by atoms with Crippen molar-refractivity contribution in [1.29, 1.82) is 0 Å². The lowest BCUT2D eigenvalue weighted by atomic mass is 10.0. The molecular weight excluding hydrogens is 330 g/mol. The van der Waals surface area contributed by atoms with Gasteiger partial charge in [0.1, 0.15) is 11.3 Å². The van der Waals surface area contributed by atoms with Crippen LogP contribution in [0.15, 0.2) is 57.7 Å². The molecule has 0 N–H and O–H groups in total. The molecule has 0 saturated carbocycles. The van der Waals surface area contributed by atoms with Crippen molar-refractivity contribution in [3.8, 4) is 11.3 Å². The molecule has 0 bridgehead atoms. The summed E-state index contributed by atoms with van der Waals surface area (Å²) in [6.45, 7) is 3.51. The fourth-order valence-corrected chi connectivity index (χ4v) is 2.66. The van der Waals surface area contributed by atoms with Gasteiger partial charge in [-0.3, -0.25) is 9.69 Å². The van der Waals surface area contributed by atoms with Crippen molar-refractivity contribution in [3.05, 3.63) is 69.9 Å². The lowest BCUT2D eigenvalue weighted by Crippen LogP contribution is -2.30. The minimum absolute atomic E-state index is 0.152. The molecule has 2 aromatic carbocycles. The standard InChI is InChI=1S/C21H21NO4/c1-13-18(23)16-11-8-12-17(21(24)25-14(2)22(3)4)20(16)26-19(13)15-9-6-5-7-10-15/h5-12,14H,1-4H3. The van der Waals surface area contributed by atoms with Crippen LogP contribution in [0.25, 0.3) is 22.3 Å². The molecule has 0 radical (unpaired) electrons. The number of hydrogen-bond donors (Lipinski definition) is 0. The molecule has 5 nitrogen and oxygen atoms in total. The van der Waals surface area contributed by atoms with Gasteiger partial charge in [-0.05, 0) is 40.1 Å². The maximum absolute atomic E-state index is 12.8. The predicted octanol–water partition coefficient (Wildman–Crippen LogP) is 3.83. The van der Waals surface area contributed by atoms with E-state index in [0.29, 0.717) is 16.7 Å². The minimum Gasteiger partial charge on any atom is -0.455 e. The van der Waals surface area contributed by atoms with E-state index in [2.05, 4.69) is 0 Å². The third-order valence-electron chi connectivity index (χ3n) is 4.41. The number of esters is 1. The van der Waals surface area contributed by atoms with Gasteiger partial charge in [0.05, 0.1) is 5.39 Å². The van der Waals surface area contributed by atoms with Gasteiger partial charge in [0, 0.05) is 11.1 Å². The first-order valence-corrected chi connectivity index (χ1v) is 8.39. The molecule has 3 rings (SSSR count). The summed E-state index contributed by atoms with van der Waals surface area (Å²) in [7, 11) is 3.63. The van der Waals surface area contributed by atoms with Gasteiger partial charge < -0.3 is 9.15 Å². The monoisotopic (exact) mass is 351 g/mol. The van der Waals surface area contributed by atoms with Gasteiger partial charge in [-0.25, -0.2) is 4.79 Å².